The summed E-state index contributed by atoms with van der Waals surface area (Å²) in [6, 6.07) is 2.99. The average Bonchev–Trinajstić information content (AvgIpc) is 2.32. The zero-order chi connectivity index (χ0) is 13.9. The third kappa shape index (κ3) is 2.97. The molecule has 0 unspecified atom stereocenters. The van der Waals surface area contributed by atoms with Gasteiger partial charge in [-0.15, -0.1) is 0 Å². The van der Waals surface area contributed by atoms with E-state index in [-0.39, 0.29) is 9.92 Å². The van der Waals surface area contributed by atoms with E-state index in [4.69, 9.17) is 23.2 Å². The number of hydrogen-bond acceptors (Lipinski definition) is 3. The maximum Gasteiger partial charge on any atom is 0.244 e. The molecule has 1 aromatic carbocycles. The molecule has 0 radical (unpaired) electrons. The van der Waals surface area contributed by atoms with Gasteiger partial charge < -0.3 is 5.32 Å². The zero-order valence-electron chi connectivity index (χ0n) is 10.5. The number of halogens is 2. The molecule has 0 spiro atoms. The first-order valence-electron chi connectivity index (χ1n) is 5.44. The number of benzene rings is 1. The minimum atomic E-state index is -3.56. The molecule has 7 heteroatoms. The number of nitrogens with one attached hydrogen (secondary N) is 1. The van der Waals surface area contributed by atoms with Crippen LogP contribution in [0.25, 0.3) is 0 Å². The summed E-state index contributed by atoms with van der Waals surface area (Å²) >= 11 is 12.2. The molecule has 1 N–H and O–H groups in total. The highest BCUT2D eigenvalue weighted by Gasteiger charge is 2.24. The smallest absolute Gasteiger partial charge is 0.244 e. The summed E-state index contributed by atoms with van der Waals surface area (Å²) in [6.45, 7) is 2.55. The van der Waals surface area contributed by atoms with E-state index in [0.29, 0.717) is 23.7 Å². The van der Waals surface area contributed by atoms with Crippen LogP contribution < -0.4 is 5.32 Å². The van der Waals surface area contributed by atoms with Gasteiger partial charge in [-0.1, -0.05) is 30.1 Å². The largest absolute Gasteiger partial charge is 0.316 e. The molecule has 0 heterocycles. The lowest BCUT2D eigenvalue weighted by atomic mass is 10.2. The summed E-state index contributed by atoms with van der Waals surface area (Å²) < 4.78 is 25.7. The predicted octanol–water partition coefficient (Wildman–Crippen LogP) is 2.35. The minimum Gasteiger partial charge on any atom is -0.316 e. The Kier molecular flexibility index (Phi) is 5.43. The molecule has 102 valence electrons. The molecule has 0 bridgehead atoms. The Morgan fingerprint density at radius 3 is 2.44 bits per heavy atom. The topological polar surface area (TPSA) is 49.4 Å². The maximum atomic E-state index is 12.2. The summed E-state index contributed by atoms with van der Waals surface area (Å²) in [6.07, 6.45) is 0. The van der Waals surface area contributed by atoms with Crippen molar-refractivity contribution in [2.24, 2.45) is 0 Å². The van der Waals surface area contributed by atoms with E-state index in [2.05, 4.69) is 5.32 Å². The molecular formula is C11H16Cl2N2O2S. The van der Waals surface area contributed by atoms with E-state index in [0.717, 1.165) is 0 Å². The fraction of sp³-hybridized carbons (Fsp3) is 0.455. The van der Waals surface area contributed by atoms with E-state index >= 15 is 0 Å². The van der Waals surface area contributed by atoms with Crippen molar-refractivity contribution in [1.29, 1.82) is 0 Å². The number of hydrogen-bond donors (Lipinski definition) is 1. The van der Waals surface area contributed by atoms with Crippen LogP contribution in [0.4, 0.5) is 0 Å². The summed E-state index contributed by atoms with van der Waals surface area (Å²) in [5.41, 5.74) is 0.589. The van der Waals surface area contributed by atoms with Crippen LogP contribution in [0.2, 0.25) is 10.0 Å². The van der Waals surface area contributed by atoms with E-state index < -0.39 is 10.0 Å². The van der Waals surface area contributed by atoms with Gasteiger partial charge in [0.25, 0.3) is 0 Å². The quantitative estimate of drug-likeness (QED) is 0.908. The van der Waals surface area contributed by atoms with Crippen molar-refractivity contribution in [2.45, 2.75) is 18.4 Å². The molecular weight excluding hydrogens is 295 g/mol. The van der Waals surface area contributed by atoms with Gasteiger partial charge in [0.15, 0.2) is 0 Å². The Labute approximate surface area is 118 Å². The van der Waals surface area contributed by atoms with Crippen molar-refractivity contribution in [3.05, 3.63) is 27.7 Å². The molecule has 0 aliphatic heterocycles. The highest BCUT2D eigenvalue weighted by atomic mass is 35.5. The van der Waals surface area contributed by atoms with Crippen molar-refractivity contribution in [1.82, 2.24) is 9.62 Å². The molecule has 1 aromatic rings. The highest BCUT2D eigenvalue weighted by molar-refractivity contribution is 7.89. The first kappa shape index (κ1) is 15.7. The molecule has 0 amide bonds. The standard InChI is InChI=1S/C11H16Cl2N2O2S/c1-4-15(3)18(16,17)10-6-5-9(12)8(7-14-2)11(10)13/h5-6,14H,4,7H2,1-3H3. The van der Waals surface area contributed by atoms with Gasteiger partial charge in [0, 0.05) is 30.7 Å². The first-order valence-corrected chi connectivity index (χ1v) is 7.63. The summed E-state index contributed by atoms with van der Waals surface area (Å²) in [5.74, 6) is 0. The van der Waals surface area contributed by atoms with Crippen molar-refractivity contribution >= 4 is 33.2 Å². The SMILES string of the molecule is CCN(C)S(=O)(=O)c1ccc(Cl)c(CNC)c1Cl. The van der Waals surface area contributed by atoms with Crippen molar-refractivity contribution in [3.8, 4) is 0 Å². The molecule has 0 aliphatic carbocycles. The predicted molar refractivity (Wildman–Crippen MR) is 74.7 cm³/mol. The molecule has 4 nitrogen and oxygen atoms in total. The highest BCUT2D eigenvalue weighted by Crippen LogP contribution is 2.32. The number of rotatable bonds is 5. The Bertz CT molecular complexity index is 532. The van der Waals surface area contributed by atoms with Crippen LogP contribution >= 0.6 is 23.2 Å². The molecule has 18 heavy (non-hydrogen) atoms. The Morgan fingerprint density at radius 2 is 1.94 bits per heavy atom. The lowest BCUT2D eigenvalue weighted by Crippen LogP contribution is -2.27. The van der Waals surface area contributed by atoms with Crippen LogP contribution in [0.3, 0.4) is 0 Å². The summed E-state index contributed by atoms with van der Waals surface area (Å²) in [5, 5.41) is 3.54. The molecule has 0 atom stereocenters. The zero-order valence-corrected chi connectivity index (χ0v) is 12.8. The minimum absolute atomic E-state index is 0.0863. The van der Waals surface area contributed by atoms with Crippen molar-refractivity contribution in [2.75, 3.05) is 20.6 Å². The van der Waals surface area contributed by atoms with Gasteiger partial charge >= 0.3 is 0 Å². The van der Waals surface area contributed by atoms with E-state index in [1.807, 2.05) is 0 Å². The van der Waals surface area contributed by atoms with Crippen LogP contribution in [-0.4, -0.2) is 33.4 Å². The van der Waals surface area contributed by atoms with Gasteiger partial charge in [0.1, 0.15) is 4.90 Å². The van der Waals surface area contributed by atoms with Gasteiger partial charge in [-0.25, -0.2) is 12.7 Å². The van der Waals surface area contributed by atoms with E-state index in [1.54, 1.807) is 20.0 Å². The monoisotopic (exact) mass is 310 g/mol. The van der Waals surface area contributed by atoms with Crippen LogP contribution in [0.5, 0.6) is 0 Å². The third-order valence-electron chi connectivity index (χ3n) is 2.64. The number of nitrogens with zero attached hydrogens (tertiary/aromatic N) is 1. The fourth-order valence-electron chi connectivity index (χ4n) is 1.45. The van der Waals surface area contributed by atoms with Gasteiger partial charge in [0.2, 0.25) is 10.0 Å². The van der Waals surface area contributed by atoms with E-state index in [9.17, 15) is 8.42 Å². The average molecular weight is 311 g/mol. The molecule has 0 saturated carbocycles. The molecule has 1 rings (SSSR count). The van der Waals surface area contributed by atoms with Crippen LogP contribution in [0, 0.1) is 0 Å². The second kappa shape index (κ2) is 6.21. The molecule has 0 fully saturated rings. The Hall–Kier alpha value is -0.330. The number of sulfonamides is 1. The van der Waals surface area contributed by atoms with Crippen LogP contribution in [-0.2, 0) is 16.6 Å². The lowest BCUT2D eigenvalue weighted by Gasteiger charge is -2.17. The Morgan fingerprint density at radius 1 is 1.33 bits per heavy atom. The molecule has 0 aromatic heterocycles. The first-order chi connectivity index (χ1) is 8.36. The van der Waals surface area contributed by atoms with E-state index in [1.165, 1.54) is 17.4 Å². The van der Waals surface area contributed by atoms with Crippen molar-refractivity contribution in [3.63, 3.8) is 0 Å². The lowest BCUT2D eigenvalue weighted by molar-refractivity contribution is 0.486. The second-order valence-corrected chi connectivity index (χ2v) is 6.59. The van der Waals surface area contributed by atoms with Gasteiger partial charge in [-0.05, 0) is 19.2 Å². The van der Waals surface area contributed by atoms with Gasteiger partial charge in [0.05, 0.1) is 5.02 Å². The van der Waals surface area contributed by atoms with Crippen LogP contribution in [0.15, 0.2) is 17.0 Å². The summed E-state index contributed by atoms with van der Waals surface area (Å²) in [7, 11) is -0.308. The molecule has 0 saturated heterocycles. The fourth-order valence-corrected chi connectivity index (χ4v) is 3.51. The second-order valence-electron chi connectivity index (χ2n) is 3.79. The normalized spacial score (nSPS) is 12.1. The van der Waals surface area contributed by atoms with Crippen LogP contribution in [0.1, 0.15) is 12.5 Å². The maximum absolute atomic E-state index is 12.2. The Balaban J connectivity index is 3.40. The van der Waals surface area contributed by atoms with Gasteiger partial charge in [-0.3, -0.25) is 0 Å². The van der Waals surface area contributed by atoms with Gasteiger partial charge in [-0.2, -0.15) is 0 Å². The van der Waals surface area contributed by atoms with Crippen molar-refractivity contribution < 1.29 is 8.42 Å². The summed E-state index contributed by atoms with van der Waals surface area (Å²) in [4.78, 5) is 0.0863. The third-order valence-corrected chi connectivity index (χ3v) is 5.51. The molecule has 0 aliphatic rings.